The molecule has 4 fully saturated rings. The van der Waals surface area contributed by atoms with E-state index in [4.69, 9.17) is 4.74 Å². The maximum absolute atomic E-state index is 12.6. The molecular formula is C24H34N4O3. The van der Waals surface area contributed by atoms with E-state index in [1.165, 1.54) is 12.8 Å². The van der Waals surface area contributed by atoms with E-state index in [9.17, 15) is 9.59 Å². The number of likely N-dealkylation sites (tertiary alicyclic amines) is 2. The van der Waals surface area contributed by atoms with Crippen molar-refractivity contribution in [2.24, 2.45) is 0 Å². The third kappa shape index (κ3) is 4.38. The smallest absolute Gasteiger partial charge is 0.410 e. The highest BCUT2D eigenvalue weighted by molar-refractivity contribution is 5.78. The van der Waals surface area contributed by atoms with E-state index >= 15 is 0 Å². The molecule has 0 aromatic heterocycles. The Morgan fingerprint density at radius 2 is 1.71 bits per heavy atom. The zero-order chi connectivity index (χ0) is 21.2. The topological polar surface area (TPSA) is 65.1 Å². The molecule has 0 bridgehead atoms. The van der Waals surface area contributed by atoms with Crippen LogP contribution in [0.2, 0.25) is 0 Å². The highest BCUT2D eigenvalue weighted by atomic mass is 16.6. The first-order valence-electron chi connectivity index (χ1n) is 12.0. The number of hydrogen-bond acceptors (Lipinski definition) is 4. The third-order valence-electron chi connectivity index (χ3n) is 7.67. The number of rotatable bonds is 4. The molecule has 5 rings (SSSR count). The summed E-state index contributed by atoms with van der Waals surface area (Å²) in [6.07, 6.45) is 7.61. The fourth-order valence-electron chi connectivity index (χ4n) is 5.98. The SMILES string of the molecule is O=C(OCc1ccccc1)N1CCC(N2CCC(N3C(=O)N[C@@H]4CCCC[C@H]43)CC2)C1. The summed E-state index contributed by atoms with van der Waals surface area (Å²) >= 11 is 0. The molecular weight excluding hydrogens is 392 g/mol. The van der Waals surface area contributed by atoms with E-state index in [0.717, 1.165) is 63.8 Å². The van der Waals surface area contributed by atoms with Gasteiger partial charge in [-0.2, -0.15) is 0 Å². The van der Waals surface area contributed by atoms with Crippen LogP contribution in [0.4, 0.5) is 9.59 Å². The lowest BCUT2D eigenvalue weighted by Gasteiger charge is -2.41. The van der Waals surface area contributed by atoms with Gasteiger partial charge in [-0.05, 0) is 37.7 Å². The van der Waals surface area contributed by atoms with Crippen LogP contribution in [0.1, 0.15) is 50.5 Å². The van der Waals surface area contributed by atoms with Crippen LogP contribution in [0, 0.1) is 0 Å². The number of hydrogen-bond donors (Lipinski definition) is 1. The van der Waals surface area contributed by atoms with Gasteiger partial charge in [0.1, 0.15) is 6.61 Å². The van der Waals surface area contributed by atoms with E-state index in [2.05, 4.69) is 15.1 Å². The molecule has 7 nitrogen and oxygen atoms in total. The Morgan fingerprint density at radius 3 is 2.52 bits per heavy atom. The number of fused-ring (bicyclic) bond motifs is 1. The standard InChI is InChI=1S/C24H34N4O3/c29-23-25-21-8-4-5-9-22(21)28(23)19-10-13-26(14-11-19)20-12-15-27(16-20)24(30)31-17-18-6-2-1-3-7-18/h1-3,6-7,19-22H,4-5,8-17H2,(H,25,29)/t20?,21-,22-/m1/s1. The van der Waals surface area contributed by atoms with Crippen LogP contribution in [-0.2, 0) is 11.3 Å². The van der Waals surface area contributed by atoms with Crippen LogP contribution in [0.5, 0.6) is 0 Å². The second-order valence-electron chi connectivity index (χ2n) is 9.51. The molecule has 1 N–H and O–H groups in total. The number of benzene rings is 1. The fourth-order valence-corrected chi connectivity index (χ4v) is 5.98. The molecule has 3 heterocycles. The minimum Gasteiger partial charge on any atom is -0.445 e. The number of ether oxygens (including phenoxy) is 1. The lowest BCUT2D eigenvalue weighted by molar-refractivity contribution is 0.0778. The summed E-state index contributed by atoms with van der Waals surface area (Å²) in [5, 5.41) is 3.23. The second kappa shape index (κ2) is 9.07. The summed E-state index contributed by atoms with van der Waals surface area (Å²) in [5.41, 5.74) is 1.01. The van der Waals surface area contributed by atoms with Crippen molar-refractivity contribution in [3.63, 3.8) is 0 Å². The Labute approximate surface area is 184 Å². The van der Waals surface area contributed by atoms with Crippen LogP contribution >= 0.6 is 0 Å². The van der Waals surface area contributed by atoms with Gasteiger partial charge in [-0.15, -0.1) is 0 Å². The third-order valence-corrected chi connectivity index (χ3v) is 7.67. The number of urea groups is 1. The van der Waals surface area contributed by atoms with Crippen LogP contribution in [0.15, 0.2) is 30.3 Å². The van der Waals surface area contributed by atoms with Crippen LogP contribution in [0.25, 0.3) is 0 Å². The largest absolute Gasteiger partial charge is 0.445 e. The number of amides is 3. The van der Waals surface area contributed by atoms with Gasteiger partial charge < -0.3 is 19.9 Å². The first-order valence-corrected chi connectivity index (χ1v) is 12.0. The average molecular weight is 427 g/mol. The number of piperidine rings is 1. The second-order valence-corrected chi connectivity index (χ2v) is 9.51. The Kier molecular flexibility index (Phi) is 6.03. The fraction of sp³-hybridized carbons (Fsp3) is 0.667. The van der Waals surface area contributed by atoms with Gasteiger partial charge in [0.05, 0.1) is 12.1 Å². The Hall–Kier alpha value is -2.28. The molecule has 1 unspecified atom stereocenters. The average Bonchev–Trinajstić information content (AvgIpc) is 3.43. The lowest BCUT2D eigenvalue weighted by Crippen LogP contribution is -2.52. The van der Waals surface area contributed by atoms with Gasteiger partial charge >= 0.3 is 12.1 Å². The van der Waals surface area contributed by atoms with Crippen LogP contribution in [0.3, 0.4) is 0 Å². The molecule has 3 atom stereocenters. The molecule has 3 saturated heterocycles. The molecule has 4 aliphatic rings. The molecule has 3 aliphatic heterocycles. The van der Waals surface area contributed by atoms with Gasteiger partial charge in [0, 0.05) is 38.3 Å². The zero-order valence-electron chi connectivity index (χ0n) is 18.2. The van der Waals surface area contributed by atoms with Crippen molar-refractivity contribution in [3.8, 4) is 0 Å². The minimum atomic E-state index is -0.210. The quantitative estimate of drug-likeness (QED) is 0.803. The normalized spacial score (nSPS) is 29.7. The van der Waals surface area contributed by atoms with Crippen molar-refractivity contribution in [3.05, 3.63) is 35.9 Å². The van der Waals surface area contributed by atoms with Crippen molar-refractivity contribution in [1.82, 2.24) is 20.0 Å². The molecule has 1 saturated carbocycles. The predicted molar refractivity (Wildman–Crippen MR) is 118 cm³/mol. The molecule has 168 valence electrons. The van der Waals surface area contributed by atoms with Crippen molar-refractivity contribution in [2.75, 3.05) is 26.2 Å². The predicted octanol–water partition coefficient (Wildman–Crippen LogP) is 3.20. The maximum Gasteiger partial charge on any atom is 0.410 e. The van der Waals surface area contributed by atoms with Crippen molar-refractivity contribution < 1.29 is 14.3 Å². The summed E-state index contributed by atoms with van der Waals surface area (Å²) in [4.78, 5) is 31.6. The van der Waals surface area contributed by atoms with Gasteiger partial charge in [0.15, 0.2) is 0 Å². The highest BCUT2D eigenvalue weighted by Crippen LogP contribution is 2.33. The van der Waals surface area contributed by atoms with Crippen molar-refractivity contribution >= 4 is 12.1 Å². The molecule has 1 aliphatic carbocycles. The van der Waals surface area contributed by atoms with Gasteiger partial charge in [0.2, 0.25) is 0 Å². The van der Waals surface area contributed by atoms with E-state index in [1.807, 2.05) is 35.2 Å². The van der Waals surface area contributed by atoms with E-state index in [0.29, 0.717) is 30.8 Å². The van der Waals surface area contributed by atoms with Crippen LogP contribution < -0.4 is 5.32 Å². The summed E-state index contributed by atoms with van der Waals surface area (Å²) in [7, 11) is 0. The number of nitrogens with zero attached hydrogens (tertiary/aromatic N) is 3. The Morgan fingerprint density at radius 1 is 0.968 bits per heavy atom. The first-order chi connectivity index (χ1) is 15.2. The van der Waals surface area contributed by atoms with Crippen LogP contribution in [-0.4, -0.2) is 77.2 Å². The summed E-state index contributed by atoms with van der Waals surface area (Å²) in [6, 6.07) is 11.5. The molecule has 1 aromatic rings. The number of nitrogens with one attached hydrogen (secondary N) is 1. The maximum atomic E-state index is 12.6. The van der Waals surface area contributed by atoms with Crippen molar-refractivity contribution in [1.29, 1.82) is 0 Å². The highest BCUT2D eigenvalue weighted by Gasteiger charge is 2.44. The molecule has 0 spiro atoms. The van der Waals surface area contributed by atoms with E-state index in [1.54, 1.807) is 0 Å². The van der Waals surface area contributed by atoms with Crippen molar-refractivity contribution in [2.45, 2.75) is 75.7 Å². The molecule has 31 heavy (non-hydrogen) atoms. The number of carbonyl (C=O) groups excluding carboxylic acids is 2. The molecule has 3 amide bonds. The Bertz CT molecular complexity index is 780. The van der Waals surface area contributed by atoms with Gasteiger partial charge in [-0.25, -0.2) is 9.59 Å². The van der Waals surface area contributed by atoms with Gasteiger partial charge in [0.25, 0.3) is 0 Å². The minimum absolute atomic E-state index is 0.156. The molecule has 0 radical (unpaired) electrons. The molecule has 7 heteroatoms. The van der Waals surface area contributed by atoms with Gasteiger partial charge in [-0.1, -0.05) is 43.2 Å². The zero-order valence-corrected chi connectivity index (χ0v) is 18.2. The lowest BCUT2D eigenvalue weighted by atomic mass is 9.89. The summed E-state index contributed by atoms with van der Waals surface area (Å²) < 4.78 is 5.51. The summed E-state index contributed by atoms with van der Waals surface area (Å²) in [5.74, 6) is 0. The van der Waals surface area contributed by atoms with E-state index in [-0.39, 0.29) is 12.1 Å². The van der Waals surface area contributed by atoms with E-state index < -0.39 is 0 Å². The first kappa shape index (κ1) is 20.6. The monoisotopic (exact) mass is 426 g/mol. The Balaban J connectivity index is 1.09. The summed E-state index contributed by atoms with van der Waals surface area (Å²) in [6.45, 7) is 3.84. The number of carbonyl (C=O) groups is 2. The van der Waals surface area contributed by atoms with Gasteiger partial charge in [-0.3, -0.25) is 4.90 Å². The molecule has 1 aromatic carbocycles.